The van der Waals surface area contributed by atoms with E-state index in [0.29, 0.717) is 16.3 Å². The van der Waals surface area contributed by atoms with Gasteiger partial charge in [-0.25, -0.2) is 5.10 Å². The number of hydrogen-bond acceptors (Lipinski definition) is 4. The van der Waals surface area contributed by atoms with Crippen molar-refractivity contribution in [2.75, 3.05) is 0 Å². The quantitative estimate of drug-likeness (QED) is 0.569. The van der Waals surface area contributed by atoms with Gasteiger partial charge in [-0.05, 0) is 43.3 Å². The molecule has 0 aliphatic heterocycles. The molecule has 0 aliphatic carbocycles. The standard InChI is InChI=1S/C16H16N6S/c1-11(8-13-6-4-3-5-7-13)10-17-22-15(20-21-16(22)23)14-9-12(2)18-19-14/h3-10H,1-2H3,(H,18,19)(H,21,23). The van der Waals surface area contributed by atoms with Gasteiger partial charge in [0.15, 0.2) is 0 Å². The van der Waals surface area contributed by atoms with Crippen LogP contribution in [0, 0.1) is 11.7 Å². The van der Waals surface area contributed by atoms with Crippen LogP contribution >= 0.6 is 12.2 Å². The normalized spacial score (nSPS) is 12.2. The molecule has 1 aromatic carbocycles. The molecule has 0 saturated heterocycles. The number of allylic oxidation sites excluding steroid dienone is 1. The zero-order valence-electron chi connectivity index (χ0n) is 12.8. The molecule has 0 radical (unpaired) electrons. The summed E-state index contributed by atoms with van der Waals surface area (Å²) in [7, 11) is 0. The molecule has 0 amide bonds. The molecule has 0 saturated carbocycles. The van der Waals surface area contributed by atoms with E-state index in [1.54, 1.807) is 10.9 Å². The minimum Gasteiger partial charge on any atom is -0.282 e. The summed E-state index contributed by atoms with van der Waals surface area (Å²) in [5.74, 6) is 0.572. The molecule has 0 aliphatic rings. The summed E-state index contributed by atoms with van der Waals surface area (Å²) in [5, 5.41) is 18.4. The van der Waals surface area contributed by atoms with E-state index in [-0.39, 0.29) is 0 Å². The van der Waals surface area contributed by atoms with Crippen molar-refractivity contribution in [3.63, 3.8) is 0 Å². The van der Waals surface area contributed by atoms with Crippen molar-refractivity contribution in [3.8, 4) is 11.5 Å². The third-order valence-electron chi connectivity index (χ3n) is 3.16. The van der Waals surface area contributed by atoms with Crippen molar-refractivity contribution in [3.05, 3.63) is 58.0 Å². The van der Waals surface area contributed by atoms with E-state index in [4.69, 9.17) is 12.2 Å². The Bertz CT molecular complexity index is 913. The molecule has 2 aromatic heterocycles. The van der Waals surface area contributed by atoms with Crippen molar-refractivity contribution in [2.45, 2.75) is 13.8 Å². The number of nitrogens with one attached hydrogen (secondary N) is 2. The van der Waals surface area contributed by atoms with Gasteiger partial charge in [0.1, 0.15) is 5.69 Å². The van der Waals surface area contributed by atoms with Gasteiger partial charge in [-0.15, -0.1) is 0 Å². The third-order valence-corrected chi connectivity index (χ3v) is 3.42. The largest absolute Gasteiger partial charge is 0.282 e. The van der Waals surface area contributed by atoms with Crippen LogP contribution in [0.3, 0.4) is 0 Å². The van der Waals surface area contributed by atoms with Crippen molar-refractivity contribution < 1.29 is 0 Å². The molecule has 0 atom stereocenters. The predicted molar refractivity (Wildman–Crippen MR) is 93.7 cm³/mol. The average Bonchev–Trinajstić information content (AvgIpc) is 3.12. The second-order valence-corrected chi connectivity index (χ2v) is 5.53. The zero-order chi connectivity index (χ0) is 16.2. The first-order chi connectivity index (χ1) is 11.1. The lowest BCUT2D eigenvalue weighted by Gasteiger charge is -1.98. The molecule has 23 heavy (non-hydrogen) atoms. The van der Waals surface area contributed by atoms with Crippen LogP contribution in [0.4, 0.5) is 0 Å². The minimum atomic E-state index is 0.421. The van der Waals surface area contributed by atoms with Gasteiger partial charge in [0.2, 0.25) is 10.6 Å². The second-order valence-electron chi connectivity index (χ2n) is 5.14. The molecular weight excluding hydrogens is 308 g/mol. The van der Waals surface area contributed by atoms with Crippen molar-refractivity contribution >= 4 is 24.5 Å². The van der Waals surface area contributed by atoms with Gasteiger partial charge in [-0.2, -0.15) is 20.0 Å². The van der Waals surface area contributed by atoms with E-state index in [1.807, 2.05) is 56.3 Å². The van der Waals surface area contributed by atoms with Gasteiger partial charge in [0, 0.05) is 5.69 Å². The molecule has 2 heterocycles. The highest BCUT2D eigenvalue weighted by Gasteiger charge is 2.10. The first-order valence-electron chi connectivity index (χ1n) is 7.11. The number of rotatable bonds is 4. The van der Waals surface area contributed by atoms with Crippen molar-refractivity contribution in [1.29, 1.82) is 0 Å². The Labute approximate surface area is 138 Å². The van der Waals surface area contributed by atoms with E-state index in [9.17, 15) is 0 Å². The number of nitrogens with zero attached hydrogens (tertiary/aromatic N) is 4. The molecule has 0 spiro atoms. The number of hydrogen-bond donors (Lipinski definition) is 2. The number of aromatic nitrogens is 5. The fourth-order valence-corrected chi connectivity index (χ4v) is 2.27. The van der Waals surface area contributed by atoms with Gasteiger partial charge in [0.25, 0.3) is 0 Å². The van der Waals surface area contributed by atoms with Crippen LogP contribution in [0.2, 0.25) is 0 Å². The molecule has 3 aromatic rings. The van der Waals surface area contributed by atoms with Crippen LogP contribution in [0.25, 0.3) is 17.6 Å². The average molecular weight is 324 g/mol. The Kier molecular flexibility index (Phi) is 4.29. The number of aromatic amines is 2. The van der Waals surface area contributed by atoms with Crippen LogP contribution < -0.4 is 0 Å². The maximum atomic E-state index is 5.24. The zero-order valence-corrected chi connectivity index (χ0v) is 13.6. The lowest BCUT2D eigenvalue weighted by Crippen LogP contribution is -1.95. The summed E-state index contributed by atoms with van der Waals surface area (Å²) in [4.78, 5) is 0. The summed E-state index contributed by atoms with van der Waals surface area (Å²) in [6.45, 7) is 3.91. The van der Waals surface area contributed by atoms with Gasteiger partial charge < -0.3 is 0 Å². The third kappa shape index (κ3) is 3.51. The lowest BCUT2D eigenvalue weighted by atomic mass is 10.1. The SMILES string of the molecule is CC(C=Nn1c(-c2cc(C)[nH]n2)n[nH]c1=S)=Cc1ccccc1. The number of aryl methyl sites for hydroxylation is 1. The van der Waals surface area contributed by atoms with Crippen LogP contribution in [-0.4, -0.2) is 31.3 Å². The molecule has 0 unspecified atom stereocenters. The molecular formula is C16H16N6S. The van der Waals surface area contributed by atoms with Crippen LogP contribution in [0.5, 0.6) is 0 Å². The van der Waals surface area contributed by atoms with Gasteiger partial charge in [-0.1, -0.05) is 36.4 Å². The Morgan fingerprint density at radius 1 is 1.22 bits per heavy atom. The predicted octanol–water partition coefficient (Wildman–Crippen LogP) is 3.58. The first-order valence-corrected chi connectivity index (χ1v) is 7.52. The van der Waals surface area contributed by atoms with E-state index < -0.39 is 0 Å². The summed E-state index contributed by atoms with van der Waals surface area (Å²) >= 11 is 5.24. The second kappa shape index (κ2) is 6.53. The highest BCUT2D eigenvalue weighted by Crippen LogP contribution is 2.15. The van der Waals surface area contributed by atoms with Gasteiger partial charge in [0.05, 0.1) is 6.21 Å². The molecule has 0 bridgehead atoms. The topological polar surface area (TPSA) is 74.7 Å². The minimum absolute atomic E-state index is 0.421. The fourth-order valence-electron chi connectivity index (χ4n) is 2.10. The maximum absolute atomic E-state index is 5.24. The summed E-state index contributed by atoms with van der Waals surface area (Å²) in [5.41, 5.74) is 3.76. The molecule has 116 valence electrons. The van der Waals surface area contributed by atoms with Gasteiger partial charge in [-0.3, -0.25) is 5.10 Å². The summed E-state index contributed by atoms with van der Waals surface area (Å²) in [6.07, 6.45) is 3.80. The number of H-pyrrole nitrogens is 2. The number of benzene rings is 1. The molecule has 3 rings (SSSR count). The molecule has 7 heteroatoms. The summed E-state index contributed by atoms with van der Waals surface area (Å²) < 4.78 is 1.98. The monoisotopic (exact) mass is 324 g/mol. The molecule has 0 fully saturated rings. The molecule has 6 nitrogen and oxygen atoms in total. The Morgan fingerprint density at radius 2 is 2.00 bits per heavy atom. The smallest absolute Gasteiger partial charge is 0.216 e. The van der Waals surface area contributed by atoms with E-state index >= 15 is 0 Å². The van der Waals surface area contributed by atoms with Gasteiger partial charge >= 0.3 is 0 Å². The highest BCUT2D eigenvalue weighted by atomic mass is 32.1. The Hall–Kier alpha value is -2.80. The maximum Gasteiger partial charge on any atom is 0.216 e. The molecule has 2 N–H and O–H groups in total. The van der Waals surface area contributed by atoms with Crippen LogP contribution in [-0.2, 0) is 0 Å². The van der Waals surface area contributed by atoms with E-state index in [1.165, 1.54) is 0 Å². The van der Waals surface area contributed by atoms with Crippen molar-refractivity contribution in [1.82, 2.24) is 25.1 Å². The van der Waals surface area contributed by atoms with Crippen molar-refractivity contribution in [2.24, 2.45) is 5.10 Å². The van der Waals surface area contributed by atoms with E-state index in [2.05, 4.69) is 25.5 Å². The van der Waals surface area contributed by atoms with Crippen LogP contribution in [0.15, 0.2) is 47.1 Å². The lowest BCUT2D eigenvalue weighted by molar-refractivity contribution is 0.865. The first kappa shape index (κ1) is 15.1. The Balaban J connectivity index is 1.90. The highest BCUT2D eigenvalue weighted by molar-refractivity contribution is 7.71. The fraction of sp³-hybridized carbons (Fsp3) is 0.125. The Morgan fingerprint density at radius 3 is 2.70 bits per heavy atom. The van der Waals surface area contributed by atoms with Crippen LogP contribution in [0.1, 0.15) is 18.2 Å². The summed E-state index contributed by atoms with van der Waals surface area (Å²) in [6, 6.07) is 12.0. The van der Waals surface area contributed by atoms with E-state index in [0.717, 1.165) is 16.8 Å².